The van der Waals surface area contributed by atoms with Crippen LogP contribution < -0.4 is 9.78 Å². The van der Waals surface area contributed by atoms with Crippen molar-refractivity contribution in [1.29, 1.82) is 0 Å². The predicted octanol–water partition coefficient (Wildman–Crippen LogP) is 1.37. The minimum Gasteiger partial charge on any atom is -0.290 e. The molecule has 2 nitrogen and oxygen atoms in total. The maximum atomic E-state index is 4.68. The zero-order valence-corrected chi connectivity index (χ0v) is 4.13. The van der Waals surface area contributed by atoms with Crippen LogP contribution in [0.4, 0.5) is 0 Å². The molecule has 2 heteroatoms. The quantitative estimate of drug-likeness (QED) is 0.467. The van der Waals surface area contributed by atoms with Crippen molar-refractivity contribution in [2.24, 2.45) is 0 Å². The SMILES string of the molecule is c1cc2cc(c1)OO2. The van der Waals surface area contributed by atoms with Gasteiger partial charge in [0, 0.05) is 6.07 Å². The molecule has 0 amide bonds. The largest absolute Gasteiger partial charge is 0.290 e. The van der Waals surface area contributed by atoms with Gasteiger partial charge in [-0.1, -0.05) is 6.07 Å². The fourth-order valence-corrected chi connectivity index (χ4v) is 0.674. The first kappa shape index (κ1) is 3.78. The summed E-state index contributed by atoms with van der Waals surface area (Å²) in [6.45, 7) is 0. The summed E-state index contributed by atoms with van der Waals surface area (Å²) in [5, 5.41) is 0. The van der Waals surface area contributed by atoms with Gasteiger partial charge in [0.1, 0.15) is 0 Å². The Morgan fingerprint density at radius 1 is 1.00 bits per heavy atom. The molecule has 0 unspecified atom stereocenters. The van der Waals surface area contributed by atoms with Crippen LogP contribution in [-0.4, -0.2) is 0 Å². The number of fused-ring (bicyclic) bond motifs is 2. The molecule has 2 rings (SSSR count). The Morgan fingerprint density at radius 3 is 2.12 bits per heavy atom. The Hall–Kier alpha value is -1.18. The van der Waals surface area contributed by atoms with Crippen LogP contribution in [0.5, 0.6) is 11.5 Å². The highest BCUT2D eigenvalue weighted by Gasteiger charge is 2.06. The van der Waals surface area contributed by atoms with Crippen molar-refractivity contribution >= 4 is 0 Å². The molecule has 40 valence electrons. The average molecular weight is 108 g/mol. The second kappa shape index (κ2) is 1.15. The first-order valence-electron chi connectivity index (χ1n) is 2.40. The van der Waals surface area contributed by atoms with Gasteiger partial charge in [-0.2, -0.15) is 0 Å². The Bertz CT molecular complexity index is 188. The van der Waals surface area contributed by atoms with Crippen molar-refractivity contribution in [2.45, 2.75) is 0 Å². The Balaban J connectivity index is 2.66. The maximum absolute atomic E-state index is 4.68. The summed E-state index contributed by atoms with van der Waals surface area (Å²) in [7, 11) is 0. The fourth-order valence-electron chi connectivity index (χ4n) is 0.674. The van der Waals surface area contributed by atoms with Crippen LogP contribution in [0, 0.1) is 0 Å². The van der Waals surface area contributed by atoms with Crippen LogP contribution in [0.25, 0.3) is 0 Å². The monoisotopic (exact) mass is 108 g/mol. The second-order valence-electron chi connectivity index (χ2n) is 1.64. The van der Waals surface area contributed by atoms with Crippen LogP contribution >= 0.6 is 0 Å². The van der Waals surface area contributed by atoms with Gasteiger partial charge < -0.3 is 0 Å². The minimum absolute atomic E-state index is 0.780. The summed E-state index contributed by atoms with van der Waals surface area (Å²) >= 11 is 0. The molecule has 0 fully saturated rings. The first-order valence-corrected chi connectivity index (χ1v) is 2.40. The van der Waals surface area contributed by atoms with Crippen molar-refractivity contribution in [3.63, 3.8) is 0 Å². The average Bonchev–Trinajstić information content (AvgIpc) is 2.12. The van der Waals surface area contributed by atoms with Gasteiger partial charge in [0.25, 0.3) is 0 Å². The van der Waals surface area contributed by atoms with Gasteiger partial charge in [-0.15, -0.1) is 0 Å². The van der Waals surface area contributed by atoms with Gasteiger partial charge in [0.2, 0.25) is 0 Å². The highest BCUT2D eigenvalue weighted by molar-refractivity contribution is 5.35. The number of hydrogen-bond acceptors (Lipinski definition) is 2. The molecule has 2 bridgehead atoms. The lowest BCUT2D eigenvalue weighted by Crippen LogP contribution is -1.89. The smallest absolute Gasteiger partial charge is 0.182 e. The van der Waals surface area contributed by atoms with Crippen LogP contribution in [0.1, 0.15) is 0 Å². The lowest BCUT2D eigenvalue weighted by atomic mass is 10.3. The molecule has 1 heterocycles. The lowest BCUT2D eigenvalue weighted by molar-refractivity contribution is -0.0846. The van der Waals surface area contributed by atoms with Gasteiger partial charge in [-0.3, -0.25) is 9.78 Å². The molecule has 0 aromatic heterocycles. The summed E-state index contributed by atoms with van der Waals surface area (Å²) in [4.78, 5) is 9.37. The Kier molecular flexibility index (Phi) is 0.545. The fraction of sp³-hybridized carbons (Fsp3) is 0. The third kappa shape index (κ3) is 0.368. The van der Waals surface area contributed by atoms with E-state index in [2.05, 4.69) is 9.78 Å². The molecule has 0 aliphatic carbocycles. The molecule has 0 saturated carbocycles. The van der Waals surface area contributed by atoms with Crippen molar-refractivity contribution in [2.75, 3.05) is 0 Å². The molecule has 0 atom stereocenters. The number of hydrogen-bond donors (Lipinski definition) is 0. The van der Waals surface area contributed by atoms with Gasteiger partial charge in [0.15, 0.2) is 11.5 Å². The van der Waals surface area contributed by atoms with E-state index in [4.69, 9.17) is 0 Å². The summed E-state index contributed by atoms with van der Waals surface area (Å²) < 4.78 is 0. The molecule has 1 aromatic carbocycles. The van der Waals surface area contributed by atoms with Crippen molar-refractivity contribution < 1.29 is 9.78 Å². The van der Waals surface area contributed by atoms with E-state index < -0.39 is 0 Å². The highest BCUT2D eigenvalue weighted by Crippen LogP contribution is 2.25. The van der Waals surface area contributed by atoms with E-state index in [0.717, 1.165) is 11.5 Å². The first-order chi connectivity index (χ1) is 3.95. The van der Waals surface area contributed by atoms with Gasteiger partial charge >= 0.3 is 0 Å². The molecule has 0 N–H and O–H groups in total. The van der Waals surface area contributed by atoms with Crippen LogP contribution in [0.15, 0.2) is 24.3 Å². The van der Waals surface area contributed by atoms with Crippen LogP contribution in [0.2, 0.25) is 0 Å². The van der Waals surface area contributed by atoms with E-state index in [0.29, 0.717) is 0 Å². The van der Waals surface area contributed by atoms with Gasteiger partial charge in [0.05, 0.1) is 0 Å². The summed E-state index contributed by atoms with van der Waals surface area (Å²) in [5.74, 6) is 1.56. The highest BCUT2D eigenvalue weighted by atomic mass is 17.2. The van der Waals surface area contributed by atoms with E-state index in [9.17, 15) is 0 Å². The number of rotatable bonds is 0. The van der Waals surface area contributed by atoms with E-state index in [1.54, 1.807) is 0 Å². The predicted molar refractivity (Wildman–Crippen MR) is 27.7 cm³/mol. The standard InChI is InChI=1S/C6H4O2/c1-2-5-4-6(3-1)8-7-5/h1-4H. The molecule has 1 aromatic rings. The van der Waals surface area contributed by atoms with E-state index in [-0.39, 0.29) is 0 Å². The molecular weight excluding hydrogens is 104 g/mol. The molecule has 1 aliphatic rings. The topological polar surface area (TPSA) is 18.5 Å². The molecular formula is C6H4O2. The number of benzene rings is 1. The summed E-state index contributed by atoms with van der Waals surface area (Å²) in [6, 6.07) is 7.41. The van der Waals surface area contributed by atoms with Crippen molar-refractivity contribution in [3.05, 3.63) is 24.3 Å². The zero-order chi connectivity index (χ0) is 5.40. The summed E-state index contributed by atoms with van der Waals surface area (Å²) in [5.41, 5.74) is 0. The van der Waals surface area contributed by atoms with Crippen LogP contribution in [-0.2, 0) is 0 Å². The zero-order valence-electron chi connectivity index (χ0n) is 4.13. The van der Waals surface area contributed by atoms with Crippen molar-refractivity contribution in [1.82, 2.24) is 0 Å². The van der Waals surface area contributed by atoms with E-state index >= 15 is 0 Å². The van der Waals surface area contributed by atoms with E-state index in [1.165, 1.54) is 0 Å². The maximum Gasteiger partial charge on any atom is 0.182 e. The molecule has 0 saturated heterocycles. The lowest BCUT2D eigenvalue weighted by Gasteiger charge is -1.88. The molecule has 1 aliphatic heterocycles. The van der Waals surface area contributed by atoms with E-state index in [1.807, 2.05) is 24.3 Å². The Labute approximate surface area is 46.6 Å². The molecule has 0 spiro atoms. The summed E-state index contributed by atoms with van der Waals surface area (Å²) in [6.07, 6.45) is 0. The van der Waals surface area contributed by atoms with Gasteiger partial charge in [-0.25, -0.2) is 0 Å². The van der Waals surface area contributed by atoms with Gasteiger partial charge in [-0.05, 0) is 12.1 Å². The molecule has 8 heavy (non-hydrogen) atoms. The molecule has 0 radical (unpaired) electrons. The van der Waals surface area contributed by atoms with Crippen LogP contribution in [0.3, 0.4) is 0 Å². The minimum atomic E-state index is 0.780. The third-order valence-electron chi connectivity index (χ3n) is 1.04. The second-order valence-corrected chi connectivity index (χ2v) is 1.64. The van der Waals surface area contributed by atoms with Crippen molar-refractivity contribution in [3.8, 4) is 11.5 Å². The third-order valence-corrected chi connectivity index (χ3v) is 1.04. The Morgan fingerprint density at radius 2 is 1.62 bits per heavy atom. The normalized spacial score (nSPS) is 12.5.